The van der Waals surface area contributed by atoms with Crippen LogP contribution in [0.25, 0.3) is 16.8 Å². The Morgan fingerprint density at radius 1 is 0.723 bits per heavy atom. The predicted octanol–water partition coefficient (Wildman–Crippen LogP) is 4.37. The van der Waals surface area contributed by atoms with E-state index in [4.69, 9.17) is 19.4 Å². The van der Waals surface area contributed by atoms with Crippen molar-refractivity contribution in [2.75, 3.05) is 13.2 Å². The lowest BCUT2D eigenvalue weighted by atomic mass is 9.61. The van der Waals surface area contributed by atoms with Gasteiger partial charge in [-0.1, -0.05) is 36.4 Å². The van der Waals surface area contributed by atoms with Crippen molar-refractivity contribution in [3.63, 3.8) is 0 Å². The first-order chi connectivity index (χ1) is 22.8. The lowest BCUT2D eigenvalue weighted by Crippen LogP contribution is -2.42. The Labute approximate surface area is 270 Å². The molecule has 3 aliphatic rings. The van der Waals surface area contributed by atoms with Crippen molar-refractivity contribution in [1.82, 2.24) is 19.9 Å². The molecule has 0 aliphatic heterocycles. The molecule has 6 rings (SSSR count). The van der Waals surface area contributed by atoms with Crippen LogP contribution < -0.4 is 0 Å². The van der Waals surface area contributed by atoms with Crippen LogP contribution in [0.1, 0.15) is 91.4 Å². The van der Waals surface area contributed by atoms with E-state index in [1.54, 1.807) is 26.0 Å². The average Bonchev–Trinajstić information content (AvgIpc) is 3.49. The summed E-state index contributed by atoms with van der Waals surface area (Å²) in [6, 6.07) is 15.1. The van der Waals surface area contributed by atoms with Gasteiger partial charge in [0.25, 0.3) is 0 Å². The number of ether oxygens (including phenoxy) is 2. The molecule has 0 amide bonds. The van der Waals surface area contributed by atoms with Crippen molar-refractivity contribution in [3.05, 3.63) is 87.4 Å². The van der Waals surface area contributed by atoms with E-state index in [0.29, 0.717) is 52.2 Å². The fourth-order valence-electron chi connectivity index (χ4n) is 7.21. The molecule has 2 heterocycles. The number of hydrogen-bond acceptors (Lipinski definition) is 12. The fraction of sp³-hybridized carbons (Fsp3) is 0.314. The van der Waals surface area contributed by atoms with Gasteiger partial charge in [-0.2, -0.15) is 21.0 Å². The van der Waals surface area contributed by atoms with Gasteiger partial charge in [0, 0.05) is 11.1 Å². The smallest absolute Gasteiger partial charge is 0.307 e. The summed E-state index contributed by atoms with van der Waals surface area (Å²) in [7, 11) is 0. The molecule has 12 heteroatoms. The number of nitriles is 4. The molecule has 0 radical (unpaired) electrons. The molecule has 0 saturated heterocycles. The molecular formula is C35H26N8O4. The minimum Gasteiger partial charge on any atom is -0.466 e. The van der Waals surface area contributed by atoms with Gasteiger partial charge in [-0.25, -0.2) is 19.9 Å². The molecule has 0 saturated carbocycles. The summed E-state index contributed by atoms with van der Waals surface area (Å²) in [4.78, 5) is 45.8. The molecule has 0 spiro atoms. The number of benzene rings is 1. The summed E-state index contributed by atoms with van der Waals surface area (Å²) in [5.74, 6) is -1.10. The molecule has 0 N–H and O–H groups in total. The lowest BCUT2D eigenvalue weighted by molar-refractivity contribution is -0.144. The van der Waals surface area contributed by atoms with Gasteiger partial charge in [0.2, 0.25) is 0 Å². The third-order valence-corrected chi connectivity index (χ3v) is 8.85. The van der Waals surface area contributed by atoms with Crippen LogP contribution in [0.4, 0.5) is 0 Å². The Bertz CT molecular complexity index is 2110. The van der Waals surface area contributed by atoms with Gasteiger partial charge in [0.15, 0.2) is 22.8 Å². The van der Waals surface area contributed by atoms with Crippen LogP contribution in [0.3, 0.4) is 0 Å². The maximum atomic E-state index is 13.6. The van der Waals surface area contributed by atoms with Crippen molar-refractivity contribution >= 4 is 17.5 Å². The second-order valence-electron chi connectivity index (χ2n) is 11.3. The van der Waals surface area contributed by atoms with Gasteiger partial charge >= 0.3 is 11.9 Å². The zero-order valence-corrected chi connectivity index (χ0v) is 25.6. The number of allylic oxidation sites excluding steroid dienone is 4. The Balaban J connectivity index is 1.73. The summed E-state index contributed by atoms with van der Waals surface area (Å²) >= 11 is 0. The summed E-state index contributed by atoms with van der Waals surface area (Å²) < 4.78 is 11.0. The molecule has 12 nitrogen and oxygen atoms in total. The third kappa shape index (κ3) is 4.71. The Morgan fingerprint density at radius 2 is 1.23 bits per heavy atom. The Kier molecular flexibility index (Phi) is 7.81. The first-order valence-electron chi connectivity index (χ1n) is 15.1. The van der Waals surface area contributed by atoms with E-state index >= 15 is 0 Å². The van der Waals surface area contributed by atoms with E-state index in [2.05, 4.69) is 9.97 Å². The van der Waals surface area contributed by atoms with Crippen LogP contribution in [0.2, 0.25) is 0 Å². The topological polar surface area (TPSA) is 199 Å². The van der Waals surface area contributed by atoms with E-state index in [9.17, 15) is 30.6 Å². The van der Waals surface area contributed by atoms with E-state index in [1.807, 2.05) is 48.6 Å². The molecule has 3 aliphatic carbocycles. The molecule has 47 heavy (non-hydrogen) atoms. The quantitative estimate of drug-likeness (QED) is 0.322. The van der Waals surface area contributed by atoms with Gasteiger partial charge < -0.3 is 9.47 Å². The summed E-state index contributed by atoms with van der Waals surface area (Å²) in [6.45, 7) is 3.61. The molecule has 0 bridgehead atoms. The number of esters is 2. The Morgan fingerprint density at radius 3 is 1.83 bits per heavy atom. The van der Waals surface area contributed by atoms with Gasteiger partial charge in [-0.3, -0.25) is 9.59 Å². The number of fused-ring (bicyclic) bond motifs is 6. The molecule has 2 aromatic heterocycles. The summed E-state index contributed by atoms with van der Waals surface area (Å²) in [5, 5.41) is 39.6. The van der Waals surface area contributed by atoms with Gasteiger partial charge in [-0.05, 0) is 44.2 Å². The SMILES string of the molecule is CCOC(=O)CC1(CC2(CC(=O)OCC)c3ccccc3-c3nc(C#N)c(C#N)nc32)C2=CCCC=C2c2nc(C#N)c(C#N)nc21. The number of aromatic nitrogens is 4. The van der Waals surface area contributed by atoms with E-state index in [-0.39, 0.29) is 60.9 Å². The van der Waals surface area contributed by atoms with E-state index in [1.165, 1.54) is 0 Å². The maximum absolute atomic E-state index is 13.6. The van der Waals surface area contributed by atoms with Crippen molar-refractivity contribution in [2.45, 2.75) is 56.8 Å². The van der Waals surface area contributed by atoms with Crippen LogP contribution >= 0.6 is 0 Å². The lowest BCUT2D eigenvalue weighted by Gasteiger charge is -2.40. The normalized spacial score (nSPS) is 19.6. The molecule has 2 atom stereocenters. The first-order valence-corrected chi connectivity index (χ1v) is 15.1. The average molecular weight is 623 g/mol. The maximum Gasteiger partial charge on any atom is 0.307 e. The molecule has 1 aromatic carbocycles. The Hall–Kier alpha value is -6.24. The van der Waals surface area contributed by atoms with Gasteiger partial charge in [0.1, 0.15) is 24.3 Å². The summed E-state index contributed by atoms with van der Waals surface area (Å²) in [5.41, 5.74) is 0.549. The predicted molar refractivity (Wildman–Crippen MR) is 163 cm³/mol. The van der Waals surface area contributed by atoms with E-state index in [0.717, 1.165) is 0 Å². The van der Waals surface area contributed by atoms with Crippen LogP contribution in [-0.2, 0) is 29.9 Å². The summed E-state index contributed by atoms with van der Waals surface area (Å²) in [6.07, 6.45) is 4.78. The highest BCUT2D eigenvalue weighted by atomic mass is 16.5. The standard InChI is InChI=1S/C35H26N8O4/c1-3-46-28(44)13-34(22-11-7-5-9-20(22)30-32(34)42-26(17-38)24(15-36)40-30)19-35(14-29(45)47-4-2)23-12-8-6-10-21(23)31-33(35)43-27(18-39)25(16-37)41-31/h5,7,9-12H,3-4,6,8,13-14,19H2,1-2H3. The van der Waals surface area contributed by atoms with Crippen molar-refractivity contribution in [1.29, 1.82) is 21.0 Å². The second kappa shape index (κ2) is 11.9. The number of carbonyl (C=O) groups excluding carboxylic acids is 2. The van der Waals surface area contributed by atoms with E-state index < -0.39 is 22.8 Å². The van der Waals surface area contributed by atoms with Gasteiger partial charge in [0.05, 0.1) is 59.7 Å². The van der Waals surface area contributed by atoms with Gasteiger partial charge in [-0.15, -0.1) is 0 Å². The molecule has 2 unspecified atom stereocenters. The highest BCUT2D eigenvalue weighted by Gasteiger charge is 2.59. The zero-order valence-electron chi connectivity index (χ0n) is 25.6. The van der Waals surface area contributed by atoms with Crippen molar-refractivity contribution < 1.29 is 19.1 Å². The number of nitrogens with zero attached hydrogens (tertiary/aromatic N) is 8. The molecular weight excluding hydrogens is 596 g/mol. The van der Waals surface area contributed by atoms with Crippen LogP contribution in [-0.4, -0.2) is 45.1 Å². The van der Waals surface area contributed by atoms with Crippen LogP contribution in [0, 0.1) is 45.3 Å². The number of rotatable bonds is 8. The molecule has 230 valence electrons. The number of hydrogen-bond donors (Lipinski definition) is 0. The molecule has 3 aromatic rings. The first kappa shape index (κ1) is 30.8. The highest BCUT2D eigenvalue weighted by Crippen LogP contribution is 2.62. The van der Waals surface area contributed by atoms with Crippen LogP contribution in [0.15, 0.2) is 42.0 Å². The van der Waals surface area contributed by atoms with Crippen molar-refractivity contribution in [2.24, 2.45) is 0 Å². The molecule has 0 fully saturated rings. The largest absolute Gasteiger partial charge is 0.466 e. The third-order valence-electron chi connectivity index (χ3n) is 8.85. The van der Waals surface area contributed by atoms with Crippen LogP contribution in [0.5, 0.6) is 0 Å². The number of carbonyl (C=O) groups is 2. The minimum atomic E-state index is -1.36. The highest BCUT2D eigenvalue weighted by molar-refractivity contribution is 5.92. The minimum absolute atomic E-state index is 0.0191. The monoisotopic (exact) mass is 622 g/mol. The fourth-order valence-corrected chi connectivity index (χ4v) is 7.21. The second-order valence-corrected chi connectivity index (χ2v) is 11.3. The van der Waals surface area contributed by atoms with Crippen molar-refractivity contribution in [3.8, 4) is 35.5 Å². The zero-order chi connectivity index (χ0) is 33.3.